The Morgan fingerprint density at radius 3 is 2.56 bits per heavy atom. The van der Waals surface area contributed by atoms with Gasteiger partial charge in [-0.2, -0.15) is 0 Å². The minimum atomic E-state index is -1.03. The zero-order valence-corrected chi connectivity index (χ0v) is 20.5. The zero-order valence-electron chi connectivity index (χ0n) is 20.5. The average molecular weight is 478 g/mol. The number of aryl methyl sites for hydroxylation is 1. The minimum Gasteiger partial charge on any atom is -0.481 e. The maximum atomic E-state index is 13.1. The van der Waals surface area contributed by atoms with Gasteiger partial charge in [0.1, 0.15) is 0 Å². The van der Waals surface area contributed by atoms with E-state index in [1.165, 1.54) is 15.7 Å². The van der Waals surface area contributed by atoms with E-state index in [1.807, 2.05) is 18.2 Å². The zero-order chi connectivity index (χ0) is 25.4. The number of imidazole rings is 1. The SMILES string of the molecule is Cn1cc(-c2cc(C3=Cc4ccccc4CC=C3)ccn2)n(-c2ccc(C(C)(C)C(=O)O)cc2)c1=O. The lowest BCUT2D eigenvalue weighted by Crippen LogP contribution is -2.28. The maximum absolute atomic E-state index is 13.1. The van der Waals surface area contributed by atoms with Crippen LogP contribution in [0.4, 0.5) is 0 Å². The van der Waals surface area contributed by atoms with Crippen molar-refractivity contribution in [2.24, 2.45) is 7.05 Å². The Morgan fingerprint density at radius 1 is 1.06 bits per heavy atom. The first-order valence-electron chi connectivity index (χ1n) is 11.8. The molecular formula is C30H27N3O3. The summed E-state index contributed by atoms with van der Waals surface area (Å²) < 4.78 is 3.14. The summed E-state index contributed by atoms with van der Waals surface area (Å²) in [5, 5.41) is 9.55. The van der Waals surface area contributed by atoms with Gasteiger partial charge in [0, 0.05) is 19.4 Å². The van der Waals surface area contributed by atoms with Crippen LogP contribution in [0.1, 0.15) is 36.1 Å². The van der Waals surface area contributed by atoms with Gasteiger partial charge in [-0.1, -0.05) is 48.6 Å². The van der Waals surface area contributed by atoms with Crippen LogP contribution in [0.15, 0.2) is 90.0 Å². The molecule has 1 aliphatic rings. The summed E-state index contributed by atoms with van der Waals surface area (Å²) in [4.78, 5) is 29.3. The van der Waals surface area contributed by atoms with Gasteiger partial charge in [-0.3, -0.25) is 14.3 Å². The fraction of sp³-hybridized carbons (Fsp3) is 0.167. The number of nitrogens with zero attached hydrogens (tertiary/aromatic N) is 3. The van der Waals surface area contributed by atoms with Crippen LogP contribution in [-0.4, -0.2) is 25.2 Å². The van der Waals surface area contributed by atoms with Gasteiger partial charge in [0.25, 0.3) is 0 Å². The Labute approximate surface area is 209 Å². The topological polar surface area (TPSA) is 77.1 Å². The van der Waals surface area contributed by atoms with E-state index in [4.69, 9.17) is 0 Å². The van der Waals surface area contributed by atoms with Crippen molar-refractivity contribution in [1.29, 1.82) is 0 Å². The molecule has 36 heavy (non-hydrogen) atoms. The highest BCUT2D eigenvalue weighted by atomic mass is 16.4. The molecule has 0 amide bonds. The largest absolute Gasteiger partial charge is 0.481 e. The highest BCUT2D eigenvalue weighted by Gasteiger charge is 2.29. The Morgan fingerprint density at radius 2 is 1.81 bits per heavy atom. The first kappa shape index (κ1) is 23.3. The van der Waals surface area contributed by atoms with Crippen molar-refractivity contribution < 1.29 is 9.90 Å². The van der Waals surface area contributed by atoms with Gasteiger partial charge in [-0.25, -0.2) is 4.79 Å². The van der Waals surface area contributed by atoms with Crippen molar-refractivity contribution in [2.75, 3.05) is 0 Å². The summed E-state index contributed by atoms with van der Waals surface area (Å²) in [5.41, 5.74) is 5.97. The molecule has 0 atom stereocenters. The molecule has 6 nitrogen and oxygen atoms in total. The van der Waals surface area contributed by atoms with Crippen molar-refractivity contribution in [3.8, 4) is 17.1 Å². The fourth-order valence-corrected chi connectivity index (χ4v) is 4.46. The van der Waals surface area contributed by atoms with Gasteiger partial charge in [0.15, 0.2) is 0 Å². The summed E-state index contributed by atoms with van der Waals surface area (Å²) >= 11 is 0. The Kier molecular flexibility index (Phi) is 5.80. The van der Waals surface area contributed by atoms with Gasteiger partial charge in [0.05, 0.1) is 22.5 Å². The summed E-state index contributed by atoms with van der Waals surface area (Å²) in [6, 6.07) is 19.4. The van der Waals surface area contributed by atoms with E-state index >= 15 is 0 Å². The van der Waals surface area contributed by atoms with Gasteiger partial charge in [-0.15, -0.1) is 0 Å². The number of carboxylic acids is 1. The molecule has 0 saturated carbocycles. The Hall–Kier alpha value is -4.45. The standard InChI is InChI=1S/C30H27N3O3/c1-30(2,28(34)35)24-11-13-25(14-12-24)33-27(19-32(3)29(33)36)26-18-23(15-16-31-26)22-10-6-9-20-7-4-5-8-21(20)17-22/h4-8,10-19H,9H2,1-3H3,(H,34,35). The predicted molar refractivity (Wildman–Crippen MR) is 142 cm³/mol. The number of aliphatic carboxylic acids is 1. The third-order valence-corrected chi connectivity index (χ3v) is 6.79. The van der Waals surface area contributed by atoms with E-state index < -0.39 is 11.4 Å². The third kappa shape index (κ3) is 4.11. The molecule has 5 rings (SSSR count). The number of carboxylic acid groups (broad SMARTS) is 1. The Bertz CT molecular complexity index is 1580. The van der Waals surface area contributed by atoms with Crippen LogP contribution < -0.4 is 5.69 Å². The molecule has 6 heteroatoms. The molecular weight excluding hydrogens is 450 g/mol. The molecule has 0 unspecified atom stereocenters. The highest BCUT2D eigenvalue weighted by molar-refractivity contribution is 5.89. The number of hydrogen-bond donors (Lipinski definition) is 1. The van der Waals surface area contributed by atoms with Crippen LogP contribution in [0.2, 0.25) is 0 Å². The lowest BCUT2D eigenvalue weighted by atomic mass is 9.85. The van der Waals surface area contributed by atoms with Crippen LogP contribution >= 0.6 is 0 Å². The number of benzene rings is 2. The van der Waals surface area contributed by atoms with Crippen LogP contribution in [0.25, 0.3) is 28.7 Å². The molecule has 1 aliphatic carbocycles. The second-order valence-electron chi connectivity index (χ2n) is 9.55. The van der Waals surface area contributed by atoms with Crippen LogP contribution in [0, 0.1) is 0 Å². The third-order valence-electron chi connectivity index (χ3n) is 6.79. The molecule has 0 bridgehead atoms. The number of allylic oxidation sites excluding steroid dienone is 3. The van der Waals surface area contributed by atoms with Crippen molar-refractivity contribution in [1.82, 2.24) is 14.1 Å². The first-order chi connectivity index (χ1) is 17.3. The summed E-state index contributed by atoms with van der Waals surface area (Å²) in [5.74, 6) is -0.904. The van der Waals surface area contributed by atoms with E-state index in [0.717, 1.165) is 17.6 Å². The van der Waals surface area contributed by atoms with Gasteiger partial charge in [0.2, 0.25) is 0 Å². The maximum Gasteiger partial charge on any atom is 0.333 e. The normalized spacial score (nSPS) is 13.1. The van der Waals surface area contributed by atoms with Crippen molar-refractivity contribution in [3.63, 3.8) is 0 Å². The van der Waals surface area contributed by atoms with Crippen LogP contribution in [0.5, 0.6) is 0 Å². The van der Waals surface area contributed by atoms with Gasteiger partial charge >= 0.3 is 11.7 Å². The molecule has 4 aromatic rings. The molecule has 0 radical (unpaired) electrons. The van der Waals surface area contributed by atoms with E-state index in [2.05, 4.69) is 41.4 Å². The van der Waals surface area contributed by atoms with Crippen LogP contribution in [0.3, 0.4) is 0 Å². The number of aromatic nitrogens is 3. The summed E-state index contributed by atoms with van der Waals surface area (Å²) in [6.45, 7) is 3.32. The lowest BCUT2D eigenvalue weighted by molar-refractivity contribution is -0.142. The molecule has 180 valence electrons. The molecule has 2 aromatic heterocycles. The predicted octanol–water partition coefficient (Wildman–Crippen LogP) is 5.25. The summed E-state index contributed by atoms with van der Waals surface area (Å²) in [6.07, 6.45) is 10.9. The smallest absolute Gasteiger partial charge is 0.333 e. The molecule has 2 aromatic carbocycles. The Balaban J connectivity index is 1.58. The minimum absolute atomic E-state index is 0.204. The average Bonchev–Trinajstić information content (AvgIpc) is 3.04. The van der Waals surface area contributed by atoms with E-state index in [0.29, 0.717) is 22.6 Å². The number of hydrogen-bond acceptors (Lipinski definition) is 3. The summed E-state index contributed by atoms with van der Waals surface area (Å²) in [7, 11) is 1.71. The number of pyridine rings is 1. The van der Waals surface area contributed by atoms with Gasteiger partial charge in [-0.05, 0) is 78.4 Å². The second-order valence-corrected chi connectivity index (χ2v) is 9.55. The number of fused-ring (bicyclic) bond motifs is 1. The van der Waals surface area contributed by atoms with E-state index in [1.54, 1.807) is 62.1 Å². The second kappa shape index (κ2) is 8.96. The number of rotatable bonds is 5. The molecule has 0 fully saturated rings. The van der Waals surface area contributed by atoms with Gasteiger partial charge < -0.3 is 9.67 Å². The highest BCUT2D eigenvalue weighted by Crippen LogP contribution is 2.29. The fourth-order valence-electron chi connectivity index (χ4n) is 4.46. The molecule has 1 N–H and O–H groups in total. The quantitative estimate of drug-likeness (QED) is 0.426. The molecule has 0 aliphatic heterocycles. The monoisotopic (exact) mass is 477 g/mol. The van der Waals surface area contributed by atoms with E-state index in [9.17, 15) is 14.7 Å². The lowest BCUT2D eigenvalue weighted by Gasteiger charge is -2.20. The van der Waals surface area contributed by atoms with Crippen LogP contribution in [-0.2, 0) is 23.7 Å². The van der Waals surface area contributed by atoms with Crippen molar-refractivity contribution in [2.45, 2.75) is 25.7 Å². The molecule has 0 spiro atoms. The molecule has 2 heterocycles. The van der Waals surface area contributed by atoms with Crippen molar-refractivity contribution in [3.05, 3.63) is 118 Å². The number of carbonyl (C=O) groups is 1. The van der Waals surface area contributed by atoms with E-state index in [-0.39, 0.29) is 5.69 Å². The molecule has 0 saturated heterocycles. The van der Waals surface area contributed by atoms with Crippen molar-refractivity contribution >= 4 is 17.6 Å². The first-order valence-corrected chi connectivity index (χ1v) is 11.8.